The lowest BCUT2D eigenvalue weighted by atomic mass is 10.0. The van der Waals surface area contributed by atoms with Crippen molar-refractivity contribution in [3.63, 3.8) is 0 Å². The summed E-state index contributed by atoms with van der Waals surface area (Å²) in [7, 11) is 0. The molecule has 0 aliphatic carbocycles. The van der Waals surface area contributed by atoms with Gasteiger partial charge in [-0.15, -0.1) is 0 Å². The van der Waals surface area contributed by atoms with Crippen LogP contribution in [-0.4, -0.2) is 24.4 Å². The molecule has 2 unspecified atom stereocenters. The zero-order chi connectivity index (χ0) is 15.2. The Kier molecular flexibility index (Phi) is 5.06. The first-order valence-corrected chi connectivity index (χ1v) is 7.74. The van der Waals surface area contributed by atoms with Crippen LogP contribution in [0.1, 0.15) is 23.6 Å². The number of hydrogen-bond donors (Lipinski definition) is 3. The molecule has 0 bridgehead atoms. The first-order valence-electron chi connectivity index (χ1n) is 7.74. The quantitative estimate of drug-likeness (QED) is 0.765. The van der Waals surface area contributed by atoms with E-state index in [0.717, 1.165) is 24.2 Å². The van der Waals surface area contributed by atoms with Crippen LogP contribution in [-0.2, 0) is 6.42 Å². The molecule has 0 saturated carbocycles. The minimum Gasteiger partial charge on any atom is -0.493 e. The highest BCUT2D eigenvalue weighted by Crippen LogP contribution is 2.30. The van der Waals surface area contributed by atoms with E-state index in [1.54, 1.807) is 0 Å². The van der Waals surface area contributed by atoms with Gasteiger partial charge in [0.05, 0.1) is 19.3 Å². The van der Waals surface area contributed by atoms with Crippen LogP contribution in [0.4, 0.5) is 0 Å². The highest BCUT2D eigenvalue weighted by Gasteiger charge is 2.26. The molecule has 0 aromatic heterocycles. The normalized spacial score (nSPS) is 21.0. The van der Waals surface area contributed by atoms with E-state index in [4.69, 9.17) is 4.74 Å². The van der Waals surface area contributed by atoms with Crippen molar-refractivity contribution in [2.24, 2.45) is 0 Å². The summed E-state index contributed by atoms with van der Waals surface area (Å²) in [5.41, 5.74) is 8.76. The summed E-state index contributed by atoms with van der Waals surface area (Å²) < 4.78 is 5.99. The zero-order valence-corrected chi connectivity index (χ0v) is 12.5. The Morgan fingerprint density at radius 3 is 2.55 bits per heavy atom. The molecule has 0 spiro atoms. The number of ether oxygens (including phenoxy) is 1. The van der Waals surface area contributed by atoms with Crippen molar-refractivity contribution in [3.05, 3.63) is 65.7 Å². The maximum atomic E-state index is 9.23. The molecule has 4 heteroatoms. The molecule has 1 fully saturated rings. The summed E-state index contributed by atoms with van der Waals surface area (Å²) in [5.74, 6) is 0.913. The summed E-state index contributed by atoms with van der Waals surface area (Å²) in [6.45, 7) is 0.797. The van der Waals surface area contributed by atoms with E-state index in [9.17, 15) is 5.11 Å². The minimum absolute atomic E-state index is 0.0994. The molecule has 0 radical (unpaired) electrons. The number of hydrogen-bond acceptors (Lipinski definition) is 4. The summed E-state index contributed by atoms with van der Waals surface area (Å²) >= 11 is 0. The van der Waals surface area contributed by atoms with Gasteiger partial charge in [0.2, 0.25) is 0 Å². The van der Waals surface area contributed by atoms with Gasteiger partial charge in [0.25, 0.3) is 0 Å². The number of rotatable bonds is 6. The average molecular weight is 298 g/mol. The van der Waals surface area contributed by atoms with Gasteiger partial charge in [-0.25, -0.2) is 5.43 Å². The molecule has 1 aliphatic heterocycles. The monoisotopic (exact) mass is 298 g/mol. The smallest absolute Gasteiger partial charge is 0.124 e. The van der Waals surface area contributed by atoms with Crippen LogP contribution in [0.25, 0.3) is 0 Å². The fraction of sp³-hybridized carbons (Fsp3) is 0.333. The van der Waals surface area contributed by atoms with Crippen molar-refractivity contribution >= 4 is 0 Å². The van der Waals surface area contributed by atoms with Crippen molar-refractivity contribution in [1.29, 1.82) is 0 Å². The third kappa shape index (κ3) is 3.65. The fourth-order valence-electron chi connectivity index (χ4n) is 2.77. The second kappa shape index (κ2) is 7.40. The lowest BCUT2D eigenvalue weighted by Gasteiger charge is -2.16. The number of hydrazine groups is 1. The maximum Gasteiger partial charge on any atom is 0.124 e. The highest BCUT2D eigenvalue weighted by molar-refractivity contribution is 5.36. The highest BCUT2D eigenvalue weighted by atomic mass is 16.5. The van der Waals surface area contributed by atoms with E-state index in [1.165, 1.54) is 5.56 Å². The van der Waals surface area contributed by atoms with Crippen molar-refractivity contribution in [2.45, 2.75) is 24.9 Å². The third-order valence-electron chi connectivity index (χ3n) is 3.99. The Morgan fingerprint density at radius 1 is 1.00 bits per heavy atom. The molecular weight excluding hydrogens is 276 g/mol. The number of aliphatic hydroxyl groups excluding tert-OH is 1. The first-order chi connectivity index (χ1) is 10.9. The largest absolute Gasteiger partial charge is 0.493 e. The van der Waals surface area contributed by atoms with Gasteiger partial charge in [-0.05, 0) is 18.1 Å². The van der Waals surface area contributed by atoms with Gasteiger partial charge in [-0.1, -0.05) is 48.5 Å². The molecule has 1 heterocycles. The van der Waals surface area contributed by atoms with Gasteiger partial charge in [-0.2, -0.15) is 0 Å². The summed E-state index contributed by atoms with van der Waals surface area (Å²) in [4.78, 5) is 0. The molecule has 1 aliphatic rings. The van der Waals surface area contributed by atoms with Gasteiger partial charge in [0.15, 0.2) is 0 Å². The van der Waals surface area contributed by atoms with E-state index in [0.29, 0.717) is 6.61 Å². The van der Waals surface area contributed by atoms with E-state index in [2.05, 4.69) is 29.1 Å². The van der Waals surface area contributed by atoms with Crippen molar-refractivity contribution in [2.75, 3.05) is 13.2 Å². The molecule has 3 rings (SSSR count). The van der Waals surface area contributed by atoms with Gasteiger partial charge in [-0.3, -0.25) is 5.43 Å². The second-order valence-corrected chi connectivity index (χ2v) is 5.58. The zero-order valence-electron chi connectivity index (χ0n) is 12.5. The number of benzene rings is 2. The van der Waals surface area contributed by atoms with Gasteiger partial charge in [0.1, 0.15) is 5.75 Å². The van der Waals surface area contributed by atoms with Crippen LogP contribution < -0.4 is 15.6 Å². The SMILES string of the molecule is OCC1CC(c2ccccc2OCCc2ccccc2)NN1. The van der Waals surface area contributed by atoms with Gasteiger partial charge in [0, 0.05) is 18.0 Å². The van der Waals surface area contributed by atoms with Crippen LogP contribution >= 0.6 is 0 Å². The van der Waals surface area contributed by atoms with Crippen molar-refractivity contribution < 1.29 is 9.84 Å². The molecule has 22 heavy (non-hydrogen) atoms. The molecular formula is C18H22N2O2. The molecule has 2 aromatic carbocycles. The van der Waals surface area contributed by atoms with Crippen molar-refractivity contribution in [1.82, 2.24) is 10.9 Å². The third-order valence-corrected chi connectivity index (χ3v) is 3.99. The second-order valence-electron chi connectivity index (χ2n) is 5.58. The Hall–Kier alpha value is -1.88. The van der Waals surface area contributed by atoms with Gasteiger partial charge >= 0.3 is 0 Å². The maximum absolute atomic E-state index is 9.23. The summed E-state index contributed by atoms with van der Waals surface area (Å²) in [6, 6.07) is 18.7. The lowest BCUT2D eigenvalue weighted by Crippen LogP contribution is -2.32. The predicted octanol–water partition coefficient (Wildman–Crippen LogP) is 2.21. The van der Waals surface area contributed by atoms with Crippen LogP contribution in [0.15, 0.2) is 54.6 Å². The Morgan fingerprint density at radius 2 is 1.77 bits per heavy atom. The van der Waals surface area contributed by atoms with Gasteiger partial charge < -0.3 is 9.84 Å². The average Bonchev–Trinajstić information content (AvgIpc) is 3.05. The number of para-hydroxylation sites is 1. The Labute approximate surface area is 131 Å². The van der Waals surface area contributed by atoms with E-state index in [1.807, 2.05) is 36.4 Å². The summed E-state index contributed by atoms with van der Waals surface area (Å²) in [6.07, 6.45) is 1.75. The predicted molar refractivity (Wildman–Crippen MR) is 86.6 cm³/mol. The Bertz CT molecular complexity index is 589. The lowest BCUT2D eigenvalue weighted by molar-refractivity contribution is 0.251. The molecule has 116 valence electrons. The fourth-order valence-corrected chi connectivity index (χ4v) is 2.77. The van der Waals surface area contributed by atoms with Crippen LogP contribution in [0.5, 0.6) is 5.75 Å². The first kappa shape index (κ1) is 15.0. The van der Waals surface area contributed by atoms with E-state index >= 15 is 0 Å². The van der Waals surface area contributed by atoms with Crippen molar-refractivity contribution in [3.8, 4) is 5.75 Å². The number of aliphatic hydroxyl groups is 1. The Balaban J connectivity index is 1.62. The molecule has 2 atom stereocenters. The summed E-state index contributed by atoms with van der Waals surface area (Å²) in [5, 5.41) is 9.23. The minimum atomic E-state index is 0.0994. The number of nitrogens with one attached hydrogen (secondary N) is 2. The molecule has 4 nitrogen and oxygen atoms in total. The van der Waals surface area contributed by atoms with E-state index < -0.39 is 0 Å². The molecule has 2 aromatic rings. The molecule has 3 N–H and O–H groups in total. The standard InChI is InChI=1S/C18H22N2O2/c21-13-15-12-17(20-19-15)16-8-4-5-9-18(16)22-11-10-14-6-2-1-3-7-14/h1-9,15,17,19-21H,10-13H2. The van der Waals surface area contributed by atoms with Crippen LogP contribution in [0.3, 0.4) is 0 Å². The van der Waals surface area contributed by atoms with Crippen LogP contribution in [0.2, 0.25) is 0 Å². The molecule has 1 saturated heterocycles. The topological polar surface area (TPSA) is 53.5 Å². The molecule has 0 amide bonds. The van der Waals surface area contributed by atoms with E-state index in [-0.39, 0.29) is 18.7 Å². The van der Waals surface area contributed by atoms with Crippen LogP contribution in [0, 0.1) is 0 Å².